The summed E-state index contributed by atoms with van der Waals surface area (Å²) >= 11 is 0. The molecule has 7 nitrogen and oxygen atoms in total. The van der Waals surface area contributed by atoms with E-state index in [0.29, 0.717) is 31.7 Å². The Morgan fingerprint density at radius 2 is 1.62 bits per heavy atom. The highest BCUT2D eigenvalue weighted by molar-refractivity contribution is 6.03. The molecule has 3 heterocycles. The van der Waals surface area contributed by atoms with Gasteiger partial charge in [-0.2, -0.15) is 0 Å². The third kappa shape index (κ3) is 3.82. The standard InChI is InChI=1S/C30H30N4O3/c1-20(29(35)33-17-15-32(16-18-33)26-13-7-8-14-27(26)37-2)34-28(22-10-3-4-11-23(22)30(34)36)24-19-31-25-12-6-5-9-21(24)25/h3-14,19-20,28,31H,15-18H2,1-2H3/t20-,28+/m1/s1. The highest BCUT2D eigenvalue weighted by Crippen LogP contribution is 2.42. The number of hydrogen-bond donors (Lipinski definition) is 1. The summed E-state index contributed by atoms with van der Waals surface area (Å²) in [6.07, 6.45) is 1.97. The van der Waals surface area contributed by atoms with Crippen LogP contribution < -0.4 is 9.64 Å². The minimum absolute atomic E-state index is 0.0225. The molecule has 188 valence electrons. The van der Waals surface area contributed by atoms with Crippen LogP contribution in [-0.4, -0.2) is 65.9 Å². The molecule has 7 heteroatoms. The minimum atomic E-state index is -0.601. The van der Waals surface area contributed by atoms with E-state index in [0.717, 1.165) is 33.5 Å². The maximum atomic E-state index is 13.8. The van der Waals surface area contributed by atoms with Crippen LogP contribution >= 0.6 is 0 Å². The molecule has 4 aromatic rings. The topological polar surface area (TPSA) is 68.9 Å². The number of aromatic amines is 1. The minimum Gasteiger partial charge on any atom is -0.495 e. The molecule has 2 atom stereocenters. The zero-order valence-corrected chi connectivity index (χ0v) is 21.1. The number of para-hydroxylation sites is 3. The molecule has 1 fully saturated rings. The SMILES string of the molecule is COc1ccccc1N1CCN(C(=O)[C@@H](C)N2C(=O)c3ccccc3[C@H]2c2c[nH]c3ccccc23)CC1. The largest absolute Gasteiger partial charge is 0.495 e. The third-order valence-electron chi connectivity index (χ3n) is 7.71. The summed E-state index contributed by atoms with van der Waals surface area (Å²) in [7, 11) is 1.68. The number of carbonyl (C=O) groups excluding carboxylic acids is 2. The lowest BCUT2D eigenvalue weighted by Gasteiger charge is -2.39. The van der Waals surface area contributed by atoms with Crippen molar-refractivity contribution in [1.82, 2.24) is 14.8 Å². The predicted octanol–water partition coefficient (Wildman–Crippen LogP) is 4.46. The number of amides is 2. The molecule has 3 aromatic carbocycles. The van der Waals surface area contributed by atoms with Gasteiger partial charge in [-0.3, -0.25) is 9.59 Å². The van der Waals surface area contributed by atoms with E-state index in [1.807, 2.05) is 84.8 Å². The summed E-state index contributed by atoms with van der Waals surface area (Å²) in [6, 6.07) is 22.8. The smallest absolute Gasteiger partial charge is 0.255 e. The van der Waals surface area contributed by atoms with E-state index in [1.165, 1.54) is 0 Å². The lowest BCUT2D eigenvalue weighted by molar-refractivity contribution is -0.136. The van der Waals surface area contributed by atoms with Crippen LogP contribution in [0.25, 0.3) is 10.9 Å². The van der Waals surface area contributed by atoms with Crippen LogP contribution in [0.1, 0.15) is 34.5 Å². The Balaban J connectivity index is 1.27. The van der Waals surface area contributed by atoms with Gasteiger partial charge >= 0.3 is 0 Å². The van der Waals surface area contributed by atoms with Crippen LogP contribution in [0.15, 0.2) is 79.0 Å². The number of benzene rings is 3. The van der Waals surface area contributed by atoms with Gasteiger partial charge in [-0.1, -0.05) is 48.5 Å². The molecule has 1 N–H and O–H groups in total. The van der Waals surface area contributed by atoms with Crippen molar-refractivity contribution in [3.05, 3.63) is 95.7 Å². The molecule has 1 saturated heterocycles. The van der Waals surface area contributed by atoms with Crippen LogP contribution in [0.5, 0.6) is 5.75 Å². The zero-order valence-electron chi connectivity index (χ0n) is 21.1. The number of piperazine rings is 1. The van der Waals surface area contributed by atoms with Crippen molar-refractivity contribution in [3.63, 3.8) is 0 Å². The van der Waals surface area contributed by atoms with Gasteiger partial charge in [0.2, 0.25) is 5.91 Å². The molecule has 6 rings (SSSR count). The van der Waals surface area contributed by atoms with Gasteiger partial charge in [0.15, 0.2) is 0 Å². The maximum absolute atomic E-state index is 13.8. The Morgan fingerprint density at radius 3 is 2.43 bits per heavy atom. The summed E-state index contributed by atoms with van der Waals surface area (Å²) in [5.74, 6) is 0.711. The molecule has 0 aliphatic carbocycles. The second-order valence-electron chi connectivity index (χ2n) is 9.65. The number of H-pyrrole nitrogens is 1. The molecule has 0 spiro atoms. The van der Waals surface area contributed by atoms with Gasteiger partial charge in [0, 0.05) is 54.4 Å². The highest BCUT2D eigenvalue weighted by atomic mass is 16.5. The Kier molecular flexibility index (Phi) is 5.83. The molecule has 0 saturated carbocycles. The van der Waals surface area contributed by atoms with Gasteiger partial charge in [0.25, 0.3) is 5.91 Å². The Labute approximate surface area is 216 Å². The van der Waals surface area contributed by atoms with Gasteiger partial charge in [0.1, 0.15) is 11.8 Å². The number of anilines is 1. The van der Waals surface area contributed by atoms with E-state index in [9.17, 15) is 9.59 Å². The average Bonchev–Trinajstić information content (AvgIpc) is 3.51. The predicted molar refractivity (Wildman–Crippen MR) is 144 cm³/mol. The van der Waals surface area contributed by atoms with Crippen LogP contribution in [0, 0.1) is 0 Å². The number of hydrogen-bond acceptors (Lipinski definition) is 4. The van der Waals surface area contributed by atoms with Gasteiger partial charge < -0.3 is 24.4 Å². The Bertz CT molecular complexity index is 1470. The summed E-state index contributed by atoms with van der Waals surface area (Å²) in [4.78, 5) is 36.8. The number of nitrogens with one attached hydrogen (secondary N) is 1. The fourth-order valence-corrected chi connectivity index (χ4v) is 5.82. The monoisotopic (exact) mass is 494 g/mol. The molecule has 2 aliphatic rings. The number of ether oxygens (including phenoxy) is 1. The molecule has 0 unspecified atom stereocenters. The first kappa shape index (κ1) is 23.2. The van der Waals surface area contributed by atoms with E-state index < -0.39 is 6.04 Å². The number of carbonyl (C=O) groups is 2. The van der Waals surface area contributed by atoms with Crippen LogP contribution in [0.3, 0.4) is 0 Å². The average molecular weight is 495 g/mol. The molecule has 0 bridgehead atoms. The molecular formula is C30H30N4O3. The lowest BCUT2D eigenvalue weighted by Crippen LogP contribution is -2.55. The maximum Gasteiger partial charge on any atom is 0.255 e. The fraction of sp³-hybridized carbons (Fsp3) is 0.267. The first-order valence-electron chi connectivity index (χ1n) is 12.7. The molecule has 37 heavy (non-hydrogen) atoms. The van der Waals surface area contributed by atoms with E-state index in [1.54, 1.807) is 12.0 Å². The number of nitrogens with zero attached hydrogens (tertiary/aromatic N) is 3. The molecule has 2 aliphatic heterocycles. The lowest BCUT2D eigenvalue weighted by atomic mass is 9.97. The summed E-state index contributed by atoms with van der Waals surface area (Å²) in [5, 5.41) is 1.06. The van der Waals surface area contributed by atoms with Gasteiger partial charge in [-0.15, -0.1) is 0 Å². The van der Waals surface area contributed by atoms with Crippen molar-refractivity contribution in [2.75, 3.05) is 38.2 Å². The molecular weight excluding hydrogens is 464 g/mol. The van der Waals surface area contributed by atoms with Crippen molar-refractivity contribution in [2.24, 2.45) is 0 Å². The normalized spacial score (nSPS) is 18.3. The second kappa shape index (κ2) is 9.32. The van der Waals surface area contributed by atoms with E-state index in [-0.39, 0.29) is 17.9 Å². The van der Waals surface area contributed by atoms with Crippen molar-refractivity contribution < 1.29 is 14.3 Å². The van der Waals surface area contributed by atoms with E-state index >= 15 is 0 Å². The first-order chi connectivity index (χ1) is 18.1. The number of aromatic nitrogens is 1. The van der Waals surface area contributed by atoms with Crippen LogP contribution in [0.2, 0.25) is 0 Å². The Morgan fingerprint density at radius 1 is 0.919 bits per heavy atom. The summed E-state index contributed by atoms with van der Waals surface area (Å²) in [5.41, 5.74) is 4.67. The van der Waals surface area contributed by atoms with Crippen molar-refractivity contribution in [1.29, 1.82) is 0 Å². The Hall–Kier alpha value is -4.26. The van der Waals surface area contributed by atoms with E-state index in [2.05, 4.69) is 16.0 Å². The summed E-state index contributed by atoms with van der Waals surface area (Å²) < 4.78 is 5.53. The van der Waals surface area contributed by atoms with Crippen molar-refractivity contribution in [3.8, 4) is 5.75 Å². The van der Waals surface area contributed by atoms with Crippen LogP contribution in [0.4, 0.5) is 5.69 Å². The van der Waals surface area contributed by atoms with E-state index in [4.69, 9.17) is 4.74 Å². The van der Waals surface area contributed by atoms with Crippen molar-refractivity contribution >= 4 is 28.4 Å². The fourth-order valence-electron chi connectivity index (χ4n) is 5.82. The van der Waals surface area contributed by atoms with Gasteiger partial charge in [0.05, 0.1) is 18.8 Å². The quantitative estimate of drug-likeness (QED) is 0.445. The molecule has 0 radical (unpaired) electrons. The zero-order chi connectivity index (χ0) is 25.5. The number of rotatable bonds is 5. The second-order valence-corrected chi connectivity index (χ2v) is 9.65. The highest BCUT2D eigenvalue weighted by Gasteiger charge is 2.44. The van der Waals surface area contributed by atoms with Gasteiger partial charge in [-0.05, 0) is 36.8 Å². The number of methoxy groups -OCH3 is 1. The first-order valence-corrected chi connectivity index (χ1v) is 12.7. The third-order valence-corrected chi connectivity index (χ3v) is 7.71. The number of fused-ring (bicyclic) bond motifs is 2. The summed E-state index contributed by atoms with van der Waals surface area (Å²) in [6.45, 7) is 4.46. The van der Waals surface area contributed by atoms with Gasteiger partial charge in [-0.25, -0.2) is 0 Å². The van der Waals surface area contributed by atoms with Crippen molar-refractivity contribution in [2.45, 2.75) is 19.0 Å². The molecule has 2 amide bonds. The van der Waals surface area contributed by atoms with Crippen LogP contribution in [-0.2, 0) is 4.79 Å². The molecule has 1 aromatic heterocycles.